The number of rotatable bonds is 2. The van der Waals surface area contributed by atoms with Gasteiger partial charge in [-0.2, -0.15) is 4.57 Å². The third-order valence-electron chi connectivity index (χ3n) is 2.45. The van der Waals surface area contributed by atoms with Gasteiger partial charge in [-0.15, -0.1) is 0 Å². The van der Waals surface area contributed by atoms with Crippen molar-refractivity contribution in [3.05, 3.63) is 41.9 Å². The van der Waals surface area contributed by atoms with Crippen molar-refractivity contribution in [3.63, 3.8) is 0 Å². The summed E-state index contributed by atoms with van der Waals surface area (Å²) in [6, 6.07) is 10.1. The number of aromatic amines is 1. The van der Waals surface area contributed by atoms with Crippen molar-refractivity contribution in [2.75, 3.05) is 0 Å². The Balaban J connectivity index is 2.22. The van der Waals surface area contributed by atoms with Crippen molar-refractivity contribution >= 4 is 27.4 Å². The molecule has 0 bridgehead atoms. The molecule has 0 unspecified atom stereocenters. The zero-order valence-electron chi connectivity index (χ0n) is 8.29. The second kappa shape index (κ2) is 3.53. The minimum absolute atomic E-state index is 0.548. The van der Waals surface area contributed by atoms with Crippen molar-refractivity contribution in [1.82, 2.24) is 10.5 Å². The fourth-order valence-electron chi connectivity index (χ4n) is 1.72. The number of thiazole rings is 1. The van der Waals surface area contributed by atoms with Crippen LogP contribution in [0, 0.1) is 0 Å². The summed E-state index contributed by atoms with van der Waals surface area (Å²) in [6.07, 6.45) is 1.87. The van der Waals surface area contributed by atoms with Crippen LogP contribution in [0.3, 0.4) is 0 Å². The standard InChI is InChI=1S/C11H8N4S/c12-14-11-15(5-6-16-11)10-7-8-3-1-2-4-9(8)13-10/h1-7,13H/q+1. The van der Waals surface area contributed by atoms with Crippen LogP contribution in [-0.4, -0.2) is 4.98 Å². The summed E-state index contributed by atoms with van der Waals surface area (Å²) in [7, 11) is 0. The fourth-order valence-corrected chi connectivity index (χ4v) is 2.34. The van der Waals surface area contributed by atoms with Gasteiger partial charge >= 0.3 is 5.13 Å². The van der Waals surface area contributed by atoms with E-state index in [0.717, 1.165) is 16.7 Å². The highest BCUT2D eigenvalue weighted by molar-refractivity contribution is 7.12. The third kappa shape index (κ3) is 1.33. The number of nitrogens with zero attached hydrogens (tertiary/aromatic N) is 3. The van der Waals surface area contributed by atoms with Gasteiger partial charge in [-0.1, -0.05) is 29.5 Å². The number of hydrogen-bond donors (Lipinski definition) is 1. The lowest BCUT2D eigenvalue weighted by atomic mass is 10.2. The maximum absolute atomic E-state index is 8.84. The van der Waals surface area contributed by atoms with Crippen LogP contribution in [0.5, 0.6) is 0 Å². The lowest BCUT2D eigenvalue weighted by Gasteiger charge is -1.89. The Morgan fingerprint density at radius 2 is 2.19 bits per heavy atom. The van der Waals surface area contributed by atoms with Crippen LogP contribution >= 0.6 is 11.3 Å². The molecule has 2 heterocycles. The van der Waals surface area contributed by atoms with Crippen molar-refractivity contribution in [1.29, 1.82) is 0 Å². The summed E-state index contributed by atoms with van der Waals surface area (Å²) >= 11 is 1.38. The van der Waals surface area contributed by atoms with Crippen LogP contribution in [0.25, 0.3) is 16.7 Å². The molecular formula is C11H8N4S+. The Bertz CT molecular complexity index is 620. The Morgan fingerprint density at radius 1 is 1.31 bits per heavy atom. The number of H-pyrrole nitrogens is 1. The average molecular weight is 228 g/mol. The topological polar surface area (TPSA) is 54.3 Å². The molecule has 0 amide bonds. The zero-order chi connectivity index (χ0) is 11.0. The van der Waals surface area contributed by atoms with E-state index in [1.54, 1.807) is 0 Å². The molecular weight excluding hydrogens is 220 g/mol. The predicted molar refractivity (Wildman–Crippen MR) is 61.9 cm³/mol. The first-order valence-corrected chi connectivity index (χ1v) is 5.69. The van der Waals surface area contributed by atoms with E-state index in [1.807, 2.05) is 46.5 Å². The molecule has 0 aliphatic carbocycles. The van der Waals surface area contributed by atoms with Gasteiger partial charge in [0.15, 0.2) is 0 Å². The number of nitrogens with one attached hydrogen (secondary N) is 1. The molecule has 1 aromatic carbocycles. The Kier molecular flexibility index (Phi) is 2.04. The van der Waals surface area contributed by atoms with Crippen LogP contribution in [0.2, 0.25) is 0 Å². The fraction of sp³-hybridized carbons (Fsp3) is 0. The number of benzene rings is 1. The first-order valence-electron chi connectivity index (χ1n) is 4.81. The number of aromatic nitrogens is 2. The Labute approximate surface area is 95.7 Å². The van der Waals surface area contributed by atoms with Gasteiger partial charge in [-0.3, -0.25) is 4.98 Å². The highest BCUT2D eigenvalue weighted by Crippen LogP contribution is 2.19. The second-order valence-corrected chi connectivity index (χ2v) is 4.27. The van der Waals surface area contributed by atoms with Crippen LogP contribution in [-0.2, 0) is 0 Å². The van der Waals surface area contributed by atoms with Gasteiger partial charge in [0.1, 0.15) is 5.52 Å². The molecule has 3 rings (SSSR count). The van der Waals surface area contributed by atoms with Gasteiger partial charge in [0.25, 0.3) is 0 Å². The Morgan fingerprint density at radius 3 is 3.00 bits per heavy atom. The van der Waals surface area contributed by atoms with Gasteiger partial charge in [-0.25, -0.2) is 0 Å². The third-order valence-corrected chi connectivity index (χ3v) is 3.20. The van der Waals surface area contributed by atoms with Crippen molar-refractivity contribution in [2.24, 2.45) is 5.11 Å². The van der Waals surface area contributed by atoms with Gasteiger partial charge in [0.2, 0.25) is 5.82 Å². The summed E-state index contributed by atoms with van der Waals surface area (Å²) < 4.78 is 1.81. The number of para-hydroxylation sites is 1. The van der Waals surface area contributed by atoms with E-state index in [-0.39, 0.29) is 0 Å². The molecule has 0 atom stereocenters. The number of hydrogen-bond acceptors (Lipinski definition) is 2. The van der Waals surface area contributed by atoms with Crippen molar-refractivity contribution in [3.8, 4) is 5.82 Å². The van der Waals surface area contributed by atoms with E-state index in [1.165, 1.54) is 11.3 Å². The predicted octanol–water partition coefficient (Wildman–Crippen LogP) is 2.39. The maximum atomic E-state index is 8.84. The molecule has 1 N–H and O–H groups in total. The monoisotopic (exact) mass is 228 g/mol. The van der Waals surface area contributed by atoms with E-state index < -0.39 is 0 Å². The van der Waals surface area contributed by atoms with E-state index in [4.69, 9.17) is 5.53 Å². The summed E-state index contributed by atoms with van der Waals surface area (Å²) in [4.78, 5) is 3.27. The quantitative estimate of drug-likeness (QED) is 0.517. The largest absolute Gasteiger partial charge is 0.352 e. The molecule has 0 spiro atoms. The molecule has 4 nitrogen and oxygen atoms in total. The molecule has 1 radical (unpaired) electrons. The Hall–Kier alpha value is -2.01. The lowest BCUT2D eigenvalue weighted by molar-refractivity contribution is -0.580. The smallest absolute Gasteiger partial charge is 0.272 e. The molecule has 16 heavy (non-hydrogen) atoms. The average Bonchev–Trinajstić information content (AvgIpc) is 2.94. The summed E-state index contributed by atoms with van der Waals surface area (Å²) in [5.41, 5.74) is 9.91. The van der Waals surface area contributed by atoms with Crippen LogP contribution in [0.4, 0.5) is 5.13 Å². The van der Waals surface area contributed by atoms with Gasteiger partial charge in [0, 0.05) is 21.9 Å². The highest BCUT2D eigenvalue weighted by Gasteiger charge is 2.14. The summed E-state index contributed by atoms with van der Waals surface area (Å²) in [6.45, 7) is 0. The summed E-state index contributed by atoms with van der Waals surface area (Å²) in [5.74, 6) is 0.898. The van der Waals surface area contributed by atoms with Crippen molar-refractivity contribution in [2.45, 2.75) is 0 Å². The van der Waals surface area contributed by atoms with E-state index >= 15 is 0 Å². The molecule has 2 aromatic heterocycles. The van der Waals surface area contributed by atoms with E-state index in [9.17, 15) is 0 Å². The summed E-state index contributed by atoms with van der Waals surface area (Å²) in [5, 5.41) is 6.80. The molecule has 0 fully saturated rings. The second-order valence-electron chi connectivity index (χ2n) is 3.40. The van der Waals surface area contributed by atoms with E-state index in [0.29, 0.717) is 5.13 Å². The molecule has 0 saturated heterocycles. The van der Waals surface area contributed by atoms with Crippen LogP contribution in [0.15, 0.2) is 47.0 Å². The van der Waals surface area contributed by atoms with Gasteiger partial charge in [-0.05, 0) is 6.07 Å². The normalized spacial score (nSPS) is 10.8. The van der Waals surface area contributed by atoms with Crippen LogP contribution < -0.4 is 10.1 Å². The minimum Gasteiger partial charge on any atom is -0.272 e. The van der Waals surface area contributed by atoms with Gasteiger partial charge in [0.05, 0.1) is 11.7 Å². The minimum atomic E-state index is 0.548. The van der Waals surface area contributed by atoms with Crippen molar-refractivity contribution < 1.29 is 4.57 Å². The maximum Gasteiger partial charge on any atom is 0.352 e. The first kappa shape index (κ1) is 9.23. The van der Waals surface area contributed by atoms with Crippen LogP contribution in [0.1, 0.15) is 0 Å². The van der Waals surface area contributed by atoms with E-state index in [2.05, 4.69) is 10.1 Å². The molecule has 0 aliphatic rings. The molecule has 3 aromatic rings. The zero-order valence-corrected chi connectivity index (χ0v) is 9.11. The number of fused-ring (bicyclic) bond motifs is 1. The first-order chi connectivity index (χ1) is 7.88. The molecule has 77 valence electrons. The lowest BCUT2D eigenvalue weighted by Crippen LogP contribution is -2.27. The SMILES string of the molecule is [N]=Nc1scc[n+]1-c1cc2ccccc2[nH]1. The highest BCUT2D eigenvalue weighted by atomic mass is 32.1. The molecule has 5 heteroatoms. The molecule has 0 aliphatic heterocycles. The van der Waals surface area contributed by atoms with Gasteiger partial charge < -0.3 is 0 Å². The molecule has 0 saturated carbocycles.